The van der Waals surface area contributed by atoms with Crippen molar-refractivity contribution in [3.63, 3.8) is 0 Å². The van der Waals surface area contributed by atoms with Crippen LogP contribution in [0.25, 0.3) is 0 Å². The van der Waals surface area contributed by atoms with Crippen molar-refractivity contribution < 1.29 is 153 Å². The molecule has 21 rings (SSSR count). The lowest BCUT2D eigenvalue weighted by Gasteiger charge is -2.50. The summed E-state index contributed by atoms with van der Waals surface area (Å²) in [7, 11) is 0. The SMILES string of the molecule is CC[C@H]1OC2O[C@H]3[C@H](N)[C@@H](C)C(O[C@H]4[C@H](O)C(O)C(OC5[C@@H](CO)OC(OC6[C@@H](CO)OC(CC7[C@@H](CO)OC(OC8[C@H](O)C(O)C(OC1[C@H](O)C2O)O[C@@H]8CO)[C@H](O)[C@H]7O)[C@H](O)[C@H]6O)[C@H](O)[C@H]5O)O[C@@H]4CO)O[C@@H]3CO. The van der Waals surface area contributed by atoms with E-state index in [0.29, 0.717) is 0 Å². The van der Waals surface area contributed by atoms with Crippen molar-refractivity contribution in [3.05, 3.63) is 0 Å². The number of ether oxygens (including phenoxy) is 13. The Kier molecular flexibility index (Phi) is 20.9. The lowest BCUT2D eigenvalue weighted by molar-refractivity contribution is -0.388. The van der Waals surface area contributed by atoms with E-state index in [4.69, 9.17) is 67.3 Å². The molecule has 21 fully saturated rings. The van der Waals surface area contributed by atoms with Gasteiger partial charge in [0.2, 0.25) is 0 Å². The van der Waals surface area contributed by atoms with E-state index in [-0.39, 0.29) is 6.42 Å². The largest absolute Gasteiger partial charge is 0.394 e. The lowest BCUT2D eigenvalue weighted by atomic mass is 9.81. The van der Waals surface area contributed by atoms with E-state index in [9.17, 15) is 91.9 Å². The maximum atomic E-state index is 11.5. The van der Waals surface area contributed by atoms with Crippen LogP contribution < -0.4 is 5.73 Å². The van der Waals surface area contributed by atoms with Gasteiger partial charge in [-0.15, -0.1) is 0 Å². The minimum absolute atomic E-state index is 0.0441. The van der Waals surface area contributed by atoms with Gasteiger partial charge >= 0.3 is 0 Å². The molecule has 77 heavy (non-hydrogen) atoms. The van der Waals surface area contributed by atoms with Crippen molar-refractivity contribution in [1.29, 1.82) is 0 Å². The number of rotatable bonds is 7. The van der Waals surface area contributed by atoms with Crippen LogP contribution in [0.2, 0.25) is 0 Å². The molecule has 0 spiro atoms. The molecule has 21 aliphatic rings. The second kappa shape index (κ2) is 26.1. The third kappa shape index (κ3) is 12.1. The minimum atomic E-state index is -2.13. The van der Waals surface area contributed by atoms with Gasteiger partial charge in [0.15, 0.2) is 37.7 Å². The molecule has 21 aliphatic heterocycles. The molecule has 0 aromatic heterocycles. The standard InChI is InChI=1S/C45H77NO31/c1-3-13-35-25(56)30(61)42(66-13)72-34-16(6-48)68-40(11(2)21(34)46)73-37-18(8-50)69-45(31(62)26(37)57)77-39-20(10-52)71-44(33(64)28(39)59)75-36-17(7-49)65-14(23(54)24(36)55)4-12-15(5-47)67-41(29(60)22(12)53)76-38-19(9-51)70-43(74-35)32(63)27(38)58/h11-45,47-64H,3-10,46H2,1-2H3/t11-,12?,13-,14?,15-,16-,17-,18-,19-,20-,21-,22+,23+,24-,25-,26-,27-,28-,29-,30?,31?,32?,33-,34-,35?,36?,37-,38?,39?,40?,41?,42?,43?,44?,45?/m1/s1. The smallest absolute Gasteiger partial charge is 0.187 e. The fourth-order valence-electron chi connectivity index (χ4n) is 11.4. The molecular formula is C45H77NO31. The second-order valence-corrected chi connectivity index (χ2v) is 20.8. The zero-order chi connectivity index (χ0) is 56.1. The summed E-state index contributed by atoms with van der Waals surface area (Å²) in [5.41, 5.74) is 6.65. The van der Waals surface area contributed by atoms with E-state index < -0.39 is 260 Å². The number of nitrogens with two attached hydrogens (primary N) is 1. The molecule has 0 aliphatic carbocycles. The zero-order valence-electron chi connectivity index (χ0n) is 41.8. The van der Waals surface area contributed by atoms with Gasteiger partial charge in [-0.05, 0) is 12.8 Å². The van der Waals surface area contributed by atoms with Gasteiger partial charge in [0.25, 0.3) is 0 Å². The normalized spacial score (nSPS) is 55.4. The molecule has 21 heterocycles. The highest BCUT2D eigenvalue weighted by Gasteiger charge is 2.59. The van der Waals surface area contributed by atoms with Gasteiger partial charge in [-0.2, -0.15) is 0 Å². The van der Waals surface area contributed by atoms with E-state index >= 15 is 0 Å². The van der Waals surface area contributed by atoms with Crippen molar-refractivity contribution in [1.82, 2.24) is 0 Å². The first-order valence-corrected chi connectivity index (χ1v) is 25.7. The zero-order valence-corrected chi connectivity index (χ0v) is 41.8. The van der Waals surface area contributed by atoms with Crippen LogP contribution in [0.1, 0.15) is 26.7 Å². The number of hydrogen-bond donors (Lipinski definition) is 19. The molecule has 20 N–H and O–H groups in total. The summed E-state index contributed by atoms with van der Waals surface area (Å²) in [5.74, 6) is -2.27. The fraction of sp³-hybridized carbons (Fsp3) is 1.00. The first-order valence-electron chi connectivity index (χ1n) is 25.7. The Balaban J connectivity index is 1.08. The van der Waals surface area contributed by atoms with Gasteiger partial charge in [-0.25, -0.2) is 0 Å². The van der Waals surface area contributed by atoms with Crippen LogP contribution in [0.3, 0.4) is 0 Å². The summed E-state index contributed by atoms with van der Waals surface area (Å²) in [4.78, 5) is 0. The average Bonchev–Trinajstić information content (AvgIpc) is 3.42. The van der Waals surface area contributed by atoms with Crippen LogP contribution in [0.15, 0.2) is 0 Å². The number of aliphatic hydroxyl groups excluding tert-OH is 18. The highest BCUT2D eigenvalue weighted by molar-refractivity contribution is 5.02. The van der Waals surface area contributed by atoms with Crippen LogP contribution in [0.4, 0.5) is 0 Å². The summed E-state index contributed by atoms with van der Waals surface area (Å²) in [5, 5.41) is 200. The molecule has 32 heteroatoms. The summed E-state index contributed by atoms with van der Waals surface area (Å²) in [6.45, 7) is -2.31. The molecule has 0 amide bonds. The number of hydrogen-bond acceptors (Lipinski definition) is 32. The van der Waals surface area contributed by atoms with Gasteiger partial charge in [0.05, 0.1) is 64.1 Å². The molecule has 0 radical (unpaired) electrons. The topological polar surface area (TPSA) is 510 Å². The van der Waals surface area contributed by atoms with Gasteiger partial charge < -0.3 is 159 Å². The Labute approximate surface area is 439 Å². The van der Waals surface area contributed by atoms with Gasteiger partial charge in [0.1, 0.15) is 134 Å². The van der Waals surface area contributed by atoms with Crippen LogP contribution >= 0.6 is 0 Å². The van der Waals surface area contributed by atoms with E-state index in [2.05, 4.69) is 0 Å². The monoisotopic (exact) mass is 1130 g/mol. The fourth-order valence-corrected chi connectivity index (χ4v) is 11.4. The van der Waals surface area contributed by atoms with Gasteiger partial charge in [-0.3, -0.25) is 0 Å². The first kappa shape index (κ1) is 61.8. The Bertz CT molecular complexity index is 1470. The van der Waals surface area contributed by atoms with Crippen LogP contribution in [-0.2, 0) is 61.6 Å². The molecule has 15 unspecified atom stereocenters. The maximum Gasteiger partial charge on any atom is 0.187 e. The molecular weight excluding hydrogens is 1050 g/mol. The van der Waals surface area contributed by atoms with Crippen LogP contribution in [0, 0.1) is 11.8 Å². The third-order valence-electron chi connectivity index (χ3n) is 16.0. The van der Waals surface area contributed by atoms with Crippen molar-refractivity contribution in [3.8, 4) is 0 Å². The molecule has 448 valence electrons. The first-order chi connectivity index (χ1) is 36.7. The van der Waals surface area contributed by atoms with Crippen molar-refractivity contribution >= 4 is 0 Å². The third-order valence-corrected chi connectivity index (χ3v) is 16.0. The van der Waals surface area contributed by atoms with Crippen molar-refractivity contribution in [2.45, 2.75) is 229 Å². The highest BCUT2D eigenvalue weighted by atomic mass is 16.8. The Morgan fingerprint density at radius 2 is 0.584 bits per heavy atom. The van der Waals surface area contributed by atoms with E-state index in [1.165, 1.54) is 6.92 Å². The lowest BCUT2D eigenvalue weighted by Crippen LogP contribution is -2.68. The minimum Gasteiger partial charge on any atom is -0.394 e. The molecule has 0 saturated carbocycles. The quantitative estimate of drug-likeness (QED) is 0.113. The van der Waals surface area contributed by atoms with Crippen LogP contribution in [-0.4, -0.2) is 334 Å². The maximum absolute atomic E-state index is 11.5. The van der Waals surface area contributed by atoms with E-state index in [1.807, 2.05) is 0 Å². The second-order valence-electron chi connectivity index (χ2n) is 20.8. The summed E-state index contributed by atoms with van der Waals surface area (Å²) < 4.78 is 76.7. The molecule has 32 nitrogen and oxygen atoms in total. The Morgan fingerprint density at radius 1 is 0.312 bits per heavy atom. The highest BCUT2D eigenvalue weighted by Crippen LogP contribution is 2.40. The Morgan fingerprint density at radius 3 is 0.961 bits per heavy atom. The predicted molar refractivity (Wildman–Crippen MR) is 240 cm³/mol. The summed E-state index contributed by atoms with van der Waals surface area (Å²) >= 11 is 0. The summed E-state index contributed by atoms with van der Waals surface area (Å²) in [6, 6.07) is -1.15. The molecule has 0 aromatic rings. The predicted octanol–water partition coefficient (Wildman–Crippen LogP) is -11.9. The van der Waals surface area contributed by atoms with Crippen LogP contribution in [0.5, 0.6) is 0 Å². The van der Waals surface area contributed by atoms with Crippen molar-refractivity contribution in [2.75, 3.05) is 39.6 Å². The molecule has 35 atom stereocenters. The molecule has 14 bridgehead atoms. The van der Waals surface area contributed by atoms with E-state index in [0.717, 1.165) is 0 Å². The van der Waals surface area contributed by atoms with E-state index in [1.54, 1.807) is 6.92 Å². The molecule has 21 saturated heterocycles. The van der Waals surface area contributed by atoms with Gasteiger partial charge in [-0.1, -0.05) is 13.8 Å². The average molecular weight is 1130 g/mol. The van der Waals surface area contributed by atoms with Crippen molar-refractivity contribution in [2.24, 2.45) is 17.6 Å². The molecule has 0 aromatic carbocycles. The van der Waals surface area contributed by atoms with Gasteiger partial charge in [0, 0.05) is 17.9 Å². The Hall–Kier alpha value is -1.28. The summed E-state index contributed by atoms with van der Waals surface area (Å²) in [6.07, 6.45) is -57.0. The number of aliphatic hydroxyl groups is 18.